The molecular weight excluding hydrogens is 331 g/mol. The topological polar surface area (TPSA) is 181 Å². The molecule has 12 nitrogen and oxygen atoms in total. The molecule has 4 rings (SSSR count). The van der Waals surface area contributed by atoms with Crippen LogP contribution in [0.4, 0.5) is 11.8 Å². The molecule has 2 aliphatic heterocycles. The van der Waals surface area contributed by atoms with E-state index in [4.69, 9.17) is 20.7 Å². The SMILES string of the molecule is Nc1ncnc2c1nc(N)n2[C@@H]1O[C@@H]2COP(=O)(O)O[C@H]2[C@H]1O. The minimum Gasteiger partial charge on any atom is -0.386 e. The number of imidazole rings is 1. The number of hydrogen-bond acceptors (Lipinski definition) is 10. The molecule has 0 saturated carbocycles. The lowest BCUT2D eigenvalue weighted by molar-refractivity contribution is -0.0659. The number of hydrogen-bond donors (Lipinski definition) is 4. The van der Waals surface area contributed by atoms with Crippen LogP contribution in [-0.4, -0.2) is 54.4 Å². The molecule has 2 saturated heterocycles. The van der Waals surface area contributed by atoms with Crippen molar-refractivity contribution in [3.63, 3.8) is 0 Å². The van der Waals surface area contributed by atoms with Gasteiger partial charge in [-0.1, -0.05) is 0 Å². The van der Waals surface area contributed by atoms with Crippen LogP contribution in [-0.2, 0) is 18.3 Å². The standard InChI is InChI=1S/C10H13N6O6P/c11-7-4-8(14-2-13-7)16(10(12)15-4)9-5(17)6-3(21-9)1-20-23(18,19)22-6/h2-3,5-6,9,17H,1H2,(H2,12,15)(H,18,19)(H2,11,13,14)/t3-,5-,6-,9-/m1/s1. The lowest BCUT2D eigenvalue weighted by atomic mass is 10.1. The number of nitrogen functional groups attached to an aromatic ring is 2. The van der Waals surface area contributed by atoms with Gasteiger partial charge in [-0.3, -0.25) is 13.6 Å². The van der Waals surface area contributed by atoms with Crippen LogP contribution >= 0.6 is 7.82 Å². The predicted molar refractivity (Wildman–Crippen MR) is 74.7 cm³/mol. The number of fused-ring (bicyclic) bond motifs is 2. The van der Waals surface area contributed by atoms with Crippen LogP contribution in [0.5, 0.6) is 0 Å². The highest BCUT2D eigenvalue weighted by Crippen LogP contribution is 2.52. The van der Waals surface area contributed by atoms with Crippen molar-refractivity contribution >= 4 is 30.8 Å². The molecule has 0 aromatic carbocycles. The normalized spacial score (nSPS) is 37.1. The Morgan fingerprint density at radius 3 is 2.96 bits per heavy atom. The fourth-order valence-corrected chi connectivity index (χ4v) is 3.71. The number of aliphatic hydroxyl groups excluding tert-OH is 1. The second-order valence-electron chi connectivity index (χ2n) is 5.16. The van der Waals surface area contributed by atoms with Gasteiger partial charge < -0.3 is 26.2 Å². The number of rotatable bonds is 1. The van der Waals surface area contributed by atoms with E-state index >= 15 is 0 Å². The first-order chi connectivity index (χ1) is 10.9. The van der Waals surface area contributed by atoms with Crippen molar-refractivity contribution in [1.29, 1.82) is 0 Å². The third-order valence-electron chi connectivity index (χ3n) is 3.75. The number of nitrogens with zero attached hydrogens (tertiary/aromatic N) is 4. The average molecular weight is 344 g/mol. The number of aromatic nitrogens is 4. The van der Waals surface area contributed by atoms with E-state index < -0.39 is 32.4 Å². The molecule has 0 bridgehead atoms. The zero-order valence-corrected chi connectivity index (χ0v) is 12.4. The molecule has 0 aliphatic carbocycles. The molecular formula is C10H13N6O6P. The van der Waals surface area contributed by atoms with Crippen LogP contribution in [0.1, 0.15) is 6.23 Å². The van der Waals surface area contributed by atoms with Crippen LogP contribution in [0, 0.1) is 0 Å². The summed E-state index contributed by atoms with van der Waals surface area (Å²) in [5, 5.41) is 10.4. The zero-order valence-electron chi connectivity index (χ0n) is 11.5. The van der Waals surface area contributed by atoms with Gasteiger partial charge in [0.15, 0.2) is 23.2 Å². The Kier molecular flexibility index (Phi) is 3.10. The number of ether oxygens (including phenoxy) is 1. The Balaban J connectivity index is 1.76. The van der Waals surface area contributed by atoms with E-state index in [1.54, 1.807) is 0 Å². The van der Waals surface area contributed by atoms with Crippen molar-refractivity contribution in [2.45, 2.75) is 24.5 Å². The molecule has 0 radical (unpaired) electrons. The molecule has 23 heavy (non-hydrogen) atoms. The van der Waals surface area contributed by atoms with E-state index in [-0.39, 0.29) is 29.5 Å². The van der Waals surface area contributed by atoms with Crippen molar-refractivity contribution in [2.24, 2.45) is 0 Å². The molecule has 5 atom stereocenters. The summed E-state index contributed by atoms with van der Waals surface area (Å²) in [6.07, 6.45) is -2.85. The van der Waals surface area contributed by atoms with Crippen LogP contribution in [0.2, 0.25) is 0 Å². The number of nitrogens with two attached hydrogens (primary N) is 2. The van der Waals surface area contributed by atoms with Crippen LogP contribution in [0.15, 0.2) is 6.33 Å². The van der Waals surface area contributed by atoms with Gasteiger partial charge in [-0.15, -0.1) is 0 Å². The molecule has 124 valence electrons. The first-order valence-electron chi connectivity index (χ1n) is 6.60. The van der Waals surface area contributed by atoms with Gasteiger partial charge in [-0.05, 0) is 0 Å². The van der Waals surface area contributed by atoms with Crippen molar-refractivity contribution < 1.29 is 28.3 Å². The second-order valence-corrected chi connectivity index (χ2v) is 6.57. The third-order valence-corrected chi connectivity index (χ3v) is 4.74. The molecule has 4 heterocycles. The summed E-state index contributed by atoms with van der Waals surface area (Å²) in [5.41, 5.74) is 12.1. The van der Waals surface area contributed by atoms with Gasteiger partial charge in [-0.2, -0.15) is 0 Å². The fourth-order valence-electron chi connectivity index (χ4n) is 2.74. The van der Waals surface area contributed by atoms with E-state index in [2.05, 4.69) is 19.5 Å². The van der Waals surface area contributed by atoms with E-state index in [0.717, 1.165) is 0 Å². The first kappa shape index (κ1) is 14.8. The summed E-state index contributed by atoms with van der Waals surface area (Å²) in [4.78, 5) is 21.3. The Morgan fingerprint density at radius 1 is 1.39 bits per heavy atom. The van der Waals surface area contributed by atoms with Crippen molar-refractivity contribution in [3.8, 4) is 0 Å². The number of anilines is 2. The highest BCUT2D eigenvalue weighted by Gasteiger charge is 2.53. The number of aliphatic hydroxyl groups is 1. The average Bonchev–Trinajstić information content (AvgIpc) is 2.97. The summed E-state index contributed by atoms with van der Waals surface area (Å²) in [6.45, 7) is -0.199. The van der Waals surface area contributed by atoms with Crippen molar-refractivity contribution in [2.75, 3.05) is 18.1 Å². The second kappa shape index (κ2) is 4.84. The van der Waals surface area contributed by atoms with Gasteiger partial charge in [0.1, 0.15) is 24.6 Å². The van der Waals surface area contributed by atoms with Crippen LogP contribution < -0.4 is 11.5 Å². The highest BCUT2D eigenvalue weighted by atomic mass is 31.2. The summed E-state index contributed by atoms with van der Waals surface area (Å²) in [7, 11) is -4.21. The predicted octanol–water partition coefficient (Wildman–Crippen LogP) is -1.24. The van der Waals surface area contributed by atoms with Gasteiger partial charge >= 0.3 is 7.82 Å². The lowest BCUT2D eigenvalue weighted by Gasteiger charge is -2.27. The number of phosphoric ester groups is 1. The maximum absolute atomic E-state index is 11.5. The largest absolute Gasteiger partial charge is 0.472 e. The number of phosphoric acid groups is 1. The highest BCUT2D eigenvalue weighted by molar-refractivity contribution is 7.47. The van der Waals surface area contributed by atoms with E-state index in [0.29, 0.717) is 0 Å². The smallest absolute Gasteiger partial charge is 0.386 e. The molecule has 0 amide bonds. The van der Waals surface area contributed by atoms with Gasteiger partial charge in [0.05, 0.1) is 6.61 Å². The third kappa shape index (κ3) is 2.19. The quantitative estimate of drug-likeness (QED) is 0.454. The Hall–Kier alpha value is -1.82. The minimum absolute atomic E-state index is 0.00277. The molecule has 2 aliphatic rings. The molecule has 6 N–H and O–H groups in total. The summed E-state index contributed by atoms with van der Waals surface area (Å²) < 4.78 is 28.1. The van der Waals surface area contributed by atoms with E-state index in [9.17, 15) is 14.6 Å². The monoisotopic (exact) mass is 344 g/mol. The van der Waals surface area contributed by atoms with Gasteiger partial charge in [-0.25, -0.2) is 19.5 Å². The zero-order chi connectivity index (χ0) is 16.4. The first-order valence-corrected chi connectivity index (χ1v) is 8.10. The van der Waals surface area contributed by atoms with E-state index in [1.807, 2.05) is 0 Å². The Bertz CT molecular complexity index is 828. The molecule has 2 fully saturated rings. The minimum atomic E-state index is -4.21. The van der Waals surface area contributed by atoms with Gasteiger partial charge in [0.25, 0.3) is 0 Å². The molecule has 0 spiro atoms. The summed E-state index contributed by atoms with van der Waals surface area (Å²) >= 11 is 0. The van der Waals surface area contributed by atoms with Crippen LogP contribution in [0.3, 0.4) is 0 Å². The summed E-state index contributed by atoms with van der Waals surface area (Å²) in [6, 6.07) is 0. The molecule has 2 aromatic rings. The molecule has 2 aromatic heterocycles. The van der Waals surface area contributed by atoms with E-state index in [1.165, 1.54) is 10.9 Å². The van der Waals surface area contributed by atoms with Gasteiger partial charge in [0.2, 0.25) is 5.95 Å². The van der Waals surface area contributed by atoms with Crippen molar-refractivity contribution in [3.05, 3.63) is 6.33 Å². The maximum atomic E-state index is 11.5. The molecule has 13 heteroatoms. The lowest BCUT2D eigenvalue weighted by Crippen LogP contribution is -2.39. The maximum Gasteiger partial charge on any atom is 0.472 e. The molecule has 1 unspecified atom stereocenters. The van der Waals surface area contributed by atoms with Gasteiger partial charge in [0, 0.05) is 0 Å². The Morgan fingerprint density at radius 2 is 2.17 bits per heavy atom. The Labute approximate surface area is 128 Å². The van der Waals surface area contributed by atoms with Crippen molar-refractivity contribution in [1.82, 2.24) is 19.5 Å². The summed E-state index contributed by atoms with van der Waals surface area (Å²) in [5.74, 6) is 0.132. The van der Waals surface area contributed by atoms with Crippen LogP contribution in [0.25, 0.3) is 11.2 Å². The fraction of sp³-hybridized carbons (Fsp3) is 0.500.